The van der Waals surface area contributed by atoms with Crippen molar-refractivity contribution in [1.82, 2.24) is 0 Å². The molecule has 0 unspecified atom stereocenters. The van der Waals surface area contributed by atoms with Crippen LogP contribution in [-0.2, 0) is 19.0 Å². The Balaban J connectivity index is 2.85. The monoisotopic (exact) mass is 270 g/mol. The van der Waals surface area contributed by atoms with Crippen LogP contribution in [0.2, 0.25) is 0 Å². The van der Waals surface area contributed by atoms with Crippen molar-refractivity contribution in [3.63, 3.8) is 0 Å². The summed E-state index contributed by atoms with van der Waals surface area (Å²) in [7, 11) is 0. The van der Waals surface area contributed by atoms with Crippen LogP contribution in [-0.4, -0.2) is 25.3 Å². The van der Waals surface area contributed by atoms with E-state index in [0.717, 1.165) is 25.7 Å². The molecule has 1 rings (SSSR count). The van der Waals surface area contributed by atoms with Gasteiger partial charge in [0.05, 0.1) is 18.8 Å². The number of carbonyl (C=O) groups is 2. The van der Waals surface area contributed by atoms with Crippen LogP contribution in [0.25, 0.3) is 0 Å². The standard InChI is InChI=1S/C14H22O5/c1-3-17-13(15)11-9-7-5-6-8-10-12(11)19-14(16)18-4-2/h3-10H2,1-2H3/b12-11-. The van der Waals surface area contributed by atoms with Gasteiger partial charge in [-0.2, -0.15) is 0 Å². The Morgan fingerprint density at radius 1 is 0.947 bits per heavy atom. The summed E-state index contributed by atoms with van der Waals surface area (Å²) in [4.78, 5) is 23.3. The number of hydrogen-bond acceptors (Lipinski definition) is 5. The van der Waals surface area contributed by atoms with E-state index in [4.69, 9.17) is 14.2 Å². The van der Waals surface area contributed by atoms with Gasteiger partial charge in [-0.15, -0.1) is 0 Å². The van der Waals surface area contributed by atoms with E-state index in [0.29, 0.717) is 30.8 Å². The average Bonchev–Trinajstić information content (AvgIpc) is 2.33. The van der Waals surface area contributed by atoms with Crippen molar-refractivity contribution < 1.29 is 23.8 Å². The minimum absolute atomic E-state index is 0.251. The first-order chi connectivity index (χ1) is 9.19. The second-order valence-corrected chi connectivity index (χ2v) is 4.32. The zero-order chi connectivity index (χ0) is 14.1. The number of hydrogen-bond donors (Lipinski definition) is 0. The Morgan fingerprint density at radius 3 is 2.21 bits per heavy atom. The first-order valence-electron chi connectivity index (χ1n) is 6.92. The number of allylic oxidation sites excluding steroid dienone is 1. The lowest BCUT2D eigenvalue weighted by Gasteiger charge is -2.16. The second-order valence-electron chi connectivity index (χ2n) is 4.32. The van der Waals surface area contributed by atoms with Gasteiger partial charge < -0.3 is 14.2 Å². The summed E-state index contributed by atoms with van der Waals surface area (Å²) < 4.78 is 14.9. The summed E-state index contributed by atoms with van der Waals surface area (Å²) in [5.74, 6) is 0.0281. The molecular formula is C14H22O5. The molecule has 0 heterocycles. The molecular weight excluding hydrogens is 248 g/mol. The fourth-order valence-electron chi connectivity index (χ4n) is 2.03. The number of rotatable bonds is 4. The summed E-state index contributed by atoms with van der Waals surface area (Å²) in [6.07, 6.45) is 4.38. The maximum absolute atomic E-state index is 11.9. The highest BCUT2D eigenvalue weighted by molar-refractivity contribution is 5.89. The molecule has 5 heteroatoms. The third kappa shape index (κ3) is 5.32. The van der Waals surface area contributed by atoms with Crippen molar-refractivity contribution in [3.05, 3.63) is 11.3 Å². The van der Waals surface area contributed by atoms with Crippen LogP contribution in [0.1, 0.15) is 52.4 Å². The molecule has 0 amide bonds. The molecule has 0 aromatic rings. The third-order valence-electron chi connectivity index (χ3n) is 2.91. The van der Waals surface area contributed by atoms with Crippen molar-refractivity contribution in [3.8, 4) is 0 Å². The van der Waals surface area contributed by atoms with E-state index in [1.165, 1.54) is 0 Å². The molecule has 0 fully saturated rings. The molecule has 0 spiro atoms. The first-order valence-corrected chi connectivity index (χ1v) is 6.92. The minimum Gasteiger partial charge on any atom is -0.463 e. The predicted octanol–water partition coefficient (Wildman–Crippen LogP) is 3.33. The lowest BCUT2D eigenvalue weighted by Crippen LogP contribution is -2.16. The van der Waals surface area contributed by atoms with Gasteiger partial charge in [-0.3, -0.25) is 0 Å². The van der Waals surface area contributed by atoms with Gasteiger partial charge in [0.1, 0.15) is 5.76 Å². The van der Waals surface area contributed by atoms with Gasteiger partial charge in [-0.25, -0.2) is 9.59 Å². The highest BCUT2D eigenvalue weighted by atomic mass is 16.7. The van der Waals surface area contributed by atoms with Gasteiger partial charge in [0, 0.05) is 6.42 Å². The van der Waals surface area contributed by atoms with E-state index in [-0.39, 0.29) is 12.6 Å². The van der Waals surface area contributed by atoms with Gasteiger partial charge in [0.15, 0.2) is 0 Å². The summed E-state index contributed by atoms with van der Waals surface area (Å²) in [6.45, 7) is 4.03. The maximum atomic E-state index is 11.9. The summed E-state index contributed by atoms with van der Waals surface area (Å²) in [6, 6.07) is 0. The van der Waals surface area contributed by atoms with Gasteiger partial charge in [0.2, 0.25) is 0 Å². The van der Waals surface area contributed by atoms with Gasteiger partial charge >= 0.3 is 12.1 Å². The summed E-state index contributed by atoms with van der Waals surface area (Å²) in [5.41, 5.74) is 0.481. The van der Waals surface area contributed by atoms with E-state index in [9.17, 15) is 9.59 Å². The fourth-order valence-corrected chi connectivity index (χ4v) is 2.03. The number of esters is 1. The molecule has 0 aliphatic heterocycles. The lowest BCUT2D eigenvalue weighted by atomic mass is 9.98. The zero-order valence-electron chi connectivity index (χ0n) is 11.7. The summed E-state index contributed by atoms with van der Waals surface area (Å²) >= 11 is 0. The van der Waals surface area contributed by atoms with Crippen molar-refractivity contribution in [2.24, 2.45) is 0 Å². The molecule has 1 aliphatic rings. The van der Waals surface area contributed by atoms with E-state index >= 15 is 0 Å². The molecule has 108 valence electrons. The Bertz CT molecular complexity index is 346. The highest BCUT2D eigenvalue weighted by Gasteiger charge is 2.22. The normalized spacial score (nSPS) is 20.1. The highest BCUT2D eigenvalue weighted by Crippen LogP contribution is 2.25. The smallest absolute Gasteiger partial charge is 0.463 e. The molecule has 5 nitrogen and oxygen atoms in total. The van der Waals surface area contributed by atoms with Crippen LogP contribution in [0.15, 0.2) is 11.3 Å². The second kappa shape index (κ2) is 8.56. The number of carbonyl (C=O) groups excluding carboxylic acids is 2. The minimum atomic E-state index is -0.750. The number of ether oxygens (including phenoxy) is 3. The Hall–Kier alpha value is -1.52. The SMILES string of the molecule is CCOC(=O)O/C1=C(\C(=O)OCC)CCCCCC1. The average molecular weight is 270 g/mol. The van der Waals surface area contributed by atoms with Crippen LogP contribution >= 0.6 is 0 Å². The molecule has 19 heavy (non-hydrogen) atoms. The third-order valence-corrected chi connectivity index (χ3v) is 2.91. The maximum Gasteiger partial charge on any atom is 0.513 e. The lowest BCUT2D eigenvalue weighted by molar-refractivity contribution is -0.139. The molecule has 0 N–H and O–H groups in total. The molecule has 0 aromatic heterocycles. The van der Waals surface area contributed by atoms with Gasteiger partial charge in [0.25, 0.3) is 0 Å². The van der Waals surface area contributed by atoms with Crippen molar-refractivity contribution in [1.29, 1.82) is 0 Å². The van der Waals surface area contributed by atoms with Crippen LogP contribution < -0.4 is 0 Å². The van der Waals surface area contributed by atoms with E-state index in [1.807, 2.05) is 0 Å². The fraction of sp³-hybridized carbons (Fsp3) is 0.714. The van der Waals surface area contributed by atoms with Crippen molar-refractivity contribution in [2.75, 3.05) is 13.2 Å². The molecule has 0 aromatic carbocycles. The Labute approximate surface area is 113 Å². The molecule has 0 atom stereocenters. The van der Waals surface area contributed by atoms with E-state index in [1.54, 1.807) is 13.8 Å². The zero-order valence-corrected chi connectivity index (χ0v) is 11.7. The largest absolute Gasteiger partial charge is 0.513 e. The molecule has 0 saturated heterocycles. The quantitative estimate of drug-likeness (QED) is 0.733. The molecule has 1 aliphatic carbocycles. The molecule has 0 bridgehead atoms. The van der Waals surface area contributed by atoms with Crippen molar-refractivity contribution >= 4 is 12.1 Å². The predicted molar refractivity (Wildman–Crippen MR) is 69.5 cm³/mol. The van der Waals surface area contributed by atoms with Crippen LogP contribution in [0.3, 0.4) is 0 Å². The first kappa shape index (κ1) is 15.5. The van der Waals surface area contributed by atoms with Crippen LogP contribution in [0.4, 0.5) is 4.79 Å². The molecule has 0 radical (unpaired) electrons. The molecule has 0 saturated carbocycles. The Morgan fingerprint density at radius 2 is 1.58 bits per heavy atom. The topological polar surface area (TPSA) is 61.8 Å². The Kier molecular flexibility index (Phi) is 7.00. The van der Waals surface area contributed by atoms with Gasteiger partial charge in [-0.1, -0.05) is 12.8 Å². The van der Waals surface area contributed by atoms with Crippen molar-refractivity contribution in [2.45, 2.75) is 52.4 Å². The van der Waals surface area contributed by atoms with Gasteiger partial charge in [-0.05, 0) is 33.1 Å². The van der Waals surface area contributed by atoms with E-state index < -0.39 is 6.16 Å². The summed E-state index contributed by atoms with van der Waals surface area (Å²) in [5, 5.41) is 0. The van der Waals surface area contributed by atoms with Crippen LogP contribution in [0.5, 0.6) is 0 Å². The van der Waals surface area contributed by atoms with E-state index in [2.05, 4.69) is 0 Å². The van der Waals surface area contributed by atoms with Crippen LogP contribution in [0, 0.1) is 0 Å².